The third-order valence-corrected chi connectivity index (χ3v) is 4.14. The highest BCUT2D eigenvalue weighted by Crippen LogP contribution is 2.29. The van der Waals surface area contributed by atoms with Crippen LogP contribution in [0.5, 0.6) is 0 Å². The maximum atomic E-state index is 11.9. The van der Waals surface area contributed by atoms with E-state index in [1.165, 1.54) is 25.7 Å². The van der Waals surface area contributed by atoms with Crippen molar-refractivity contribution in [2.75, 3.05) is 19.7 Å². The van der Waals surface area contributed by atoms with Crippen molar-refractivity contribution in [2.45, 2.75) is 44.9 Å². The van der Waals surface area contributed by atoms with Crippen molar-refractivity contribution in [2.24, 2.45) is 11.8 Å². The average Bonchev–Trinajstić information content (AvgIpc) is 2.96. The van der Waals surface area contributed by atoms with E-state index in [0.29, 0.717) is 11.8 Å². The molecule has 1 atom stereocenters. The summed E-state index contributed by atoms with van der Waals surface area (Å²) in [6.45, 7) is 1.86. The van der Waals surface area contributed by atoms with E-state index in [1.54, 1.807) is 0 Å². The van der Waals surface area contributed by atoms with E-state index in [0.717, 1.165) is 38.3 Å². The van der Waals surface area contributed by atoms with Crippen LogP contribution >= 0.6 is 0 Å². The molecular weight excluding hydrogens is 202 g/mol. The molecule has 16 heavy (non-hydrogen) atoms. The van der Waals surface area contributed by atoms with E-state index in [9.17, 15) is 4.79 Å². The topological polar surface area (TPSA) is 40.5 Å². The fraction of sp³-hybridized carbons (Fsp3) is 0.923. The van der Waals surface area contributed by atoms with E-state index >= 15 is 0 Å². The van der Waals surface area contributed by atoms with Crippen molar-refractivity contribution in [1.29, 1.82) is 0 Å². The Morgan fingerprint density at radius 1 is 1.19 bits per heavy atom. The first-order valence-corrected chi connectivity index (χ1v) is 6.68. The Kier molecular flexibility index (Phi) is 4.22. The van der Waals surface area contributed by atoms with Gasteiger partial charge in [-0.1, -0.05) is 25.7 Å². The van der Waals surface area contributed by atoms with Gasteiger partial charge in [-0.2, -0.15) is 0 Å². The van der Waals surface area contributed by atoms with Crippen LogP contribution in [0, 0.1) is 11.8 Å². The monoisotopic (exact) mass is 225 g/mol. The molecule has 1 amide bonds. The van der Waals surface area contributed by atoms with E-state index in [1.807, 2.05) is 4.90 Å². The second-order valence-corrected chi connectivity index (χ2v) is 5.37. The lowest BCUT2D eigenvalue weighted by Crippen LogP contribution is -2.29. The Balaban J connectivity index is 1.67. The molecule has 1 heterocycles. The Labute approximate surface area is 97.8 Å². The van der Waals surface area contributed by atoms with Crippen LogP contribution in [-0.4, -0.2) is 35.6 Å². The molecule has 0 spiro atoms. The van der Waals surface area contributed by atoms with Crippen molar-refractivity contribution in [3.8, 4) is 0 Å². The molecule has 0 aromatic carbocycles. The highest BCUT2D eigenvalue weighted by Gasteiger charge is 2.26. The summed E-state index contributed by atoms with van der Waals surface area (Å²) >= 11 is 0. The number of carbonyl (C=O) groups excluding carboxylic acids is 1. The standard InChI is InChI=1S/C13H23NO2/c15-10-12-7-8-14(9-12)13(16)6-5-11-3-1-2-4-11/h11-12,15H,1-10H2. The molecular formula is C13H23NO2. The lowest BCUT2D eigenvalue weighted by atomic mass is 10.0. The summed E-state index contributed by atoms with van der Waals surface area (Å²) in [5.74, 6) is 1.44. The van der Waals surface area contributed by atoms with Gasteiger partial charge in [0.05, 0.1) is 0 Å². The molecule has 0 bridgehead atoms. The first-order valence-electron chi connectivity index (χ1n) is 6.68. The molecule has 3 heteroatoms. The third kappa shape index (κ3) is 2.97. The van der Waals surface area contributed by atoms with Gasteiger partial charge < -0.3 is 10.0 Å². The number of hydrogen-bond acceptors (Lipinski definition) is 2. The van der Waals surface area contributed by atoms with E-state index in [4.69, 9.17) is 5.11 Å². The van der Waals surface area contributed by atoms with Gasteiger partial charge in [0.1, 0.15) is 0 Å². The largest absolute Gasteiger partial charge is 0.396 e. The smallest absolute Gasteiger partial charge is 0.222 e. The van der Waals surface area contributed by atoms with Crippen LogP contribution < -0.4 is 0 Å². The van der Waals surface area contributed by atoms with Crippen molar-refractivity contribution in [1.82, 2.24) is 4.90 Å². The van der Waals surface area contributed by atoms with Gasteiger partial charge in [0.25, 0.3) is 0 Å². The molecule has 0 aromatic heterocycles. The first kappa shape index (κ1) is 11.9. The van der Waals surface area contributed by atoms with Gasteiger partial charge in [-0.15, -0.1) is 0 Å². The van der Waals surface area contributed by atoms with Gasteiger partial charge in [-0.25, -0.2) is 0 Å². The molecule has 1 saturated heterocycles. The summed E-state index contributed by atoms with van der Waals surface area (Å²) in [7, 11) is 0. The summed E-state index contributed by atoms with van der Waals surface area (Å²) in [5.41, 5.74) is 0. The zero-order valence-electron chi connectivity index (χ0n) is 10.0. The van der Waals surface area contributed by atoms with E-state index in [-0.39, 0.29) is 6.61 Å². The van der Waals surface area contributed by atoms with E-state index in [2.05, 4.69) is 0 Å². The second-order valence-electron chi connectivity index (χ2n) is 5.37. The van der Waals surface area contributed by atoms with Gasteiger partial charge in [0.2, 0.25) is 5.91 Å². The number of aliphatic hydroxyl groups excluding tert-OH is 1. The number of rotatable bonds is 4. The third-order valence-electron chi connectivity index (χ3n) is 4.14. The summed E-state index contributed by atoms with van der Waals surface area (Å²) in [4.78, 5) is 13.8. The average molecular weight is 225 g/mol. The Morgan fingerprint density at radius 3 is 2.56 bits per heavy atom. The van der Waals surface area contributed by atoms with Crippen LogP contribution in [0.1, 0.15) is 44.9 Å². The number of carbonyl (C=O) groups is 1. The number of aliphatic hydroxyl groups is 1. The molecule has 1 aliphatic carbocycles. The molecule has 0 aromatic rings. The van der Waals surface area contributed by atoms with Gasteiger partial charge in [0, 0.05) is 32.0 Å². The minimum absolute atomic E-state index is 0.229. The number of nitrogens with zero attached hydrogens (tertiary/aromatic N) is 1. The minimum Gasteiger partial charge on any atom is -0.396 e. The molecule has 92 valence electrons. The van der Waals surface area contributed by atoms with Gasteiger partial charge in [-0.3, -0.25) is 4.79 Å². The van der Waals surface area contributed by atoms with Crippen molar-refractivity contribution >= 4 is 5.91 Å². The quantitative estimate of drug-likeness (QED) is 0.792. The summed E-state index contributed by atoms with van der Waals surface area (Å²) in [6, 6.07) is 0. The molecule has 1 unspecified atom stereocenters. The van der Waals surface area contributed by atoms with Crippen LogP contribution in [0.15, 0.2) is 0 Å². The molecule has 2 aliphatic rings. The highest BCUT2D eigenvalue weighted by molar-refractivity contribution is 5.76. The van der Waals surface area contributed by atoms with Crippen LogP contribution in [0.25, 0.3) is 0 Å². The van der Waals surface area contributed by atoms with Crippen molar-refractivity contribution in [3.63, 3.8) is 0 Å². The van der Waals surface area contributed by atoms with Crippen molar-refractivity contribution < 1.29 is 9.90 Å². The van der Waals surface area contributed by atoms with Gasteiger partial charge in [-0.05, 0) is 18.8 Å². The summed E-state index contributed by atoms with van der Waals surface area (Å²) < 4.78 is 0. The molecule has 0 radical (unpaired) electrons. The molecule has 1 saturated carbocycles. The summed E-state index contributed by atoms with van der Waals surface area (Å²) in [6.07, 6.45) is 8.15. The normalized spacial score (nSPS) is 26.6. The first-order chi connectivity index (χ1) is 7.79. The maximum absolute atomic E-state index is 11.9. The predicted octanol–water partition coefficient (Wildman–Crippen LogP) is 1.80. The molecule has 1 aliphatic heterocycles. The maximum Gasteiger partial charge on any atom is 0.222 e. The lowest BCUT2D eigenvalue weighted by molar-refractivity contribution is -0.130. The Hall–Kier alpha value is -0.570. The Bertz CT molecular complexity index is 236. The van der Waals surface area contributed by atoms with Crippen LogP contribution in [0.3, 0.4) is 0 Å². The predicted molar refractivity (Wildman–Crippen MR) is 63.0 cm³/mol. The minimum atomic E-state index is 0.229. The van der Waals surface area contributed by atoms with Crippen LogP contribution in [0.4, 0.5) is 0 Å². The number of amides is 1. The molecule has 2 rings (SSSR count). The van der Waals surface area contributed by atoms with Crippen LogP contribution in [0.2, 0.25) is 0 Å². The highest BCUT2D eigenvalue weighted by atomic mass is 16.3. The molecule has 3 nitrogen and oxygen atoms in total. The van der Waals surface area contributed by atoms with E-state index < -0.39 is 0 Å². The van der Waals surface area contributed by atoms with Gasteiger partial charge in [0.15, 0.2) is 0 Å². The van der Waals surface area contributed by atoms with Crippen LogP contribution in [-0.2, 0) is 4.79 Å². The number of hydrogen-bond donors (Lipinski definition) is 1. The second kappa shape index (κ2) is 5.67. The summed E-state index contributed by atoms with van der Waals surface area (Å²) in [5, 5.41) is 9.03. The molecule has 2 fully saturated rings. The number of likely N-dealkylation sites (tertiary alicyclic amines) is 1. The fourth-order valence-corrected chi connectivity index (χ4v) is 2.99. The lowest BCUT2D eigenvalue weighted by Gasteiger charge is -2.17. The van der Waals surface area contributed by atoms with Gasteiger partial charge >= 0.3 is 0 Å². The Morgan fingerprint density at radius 2 is 1.94 bits per heavy atom. The SMILES string of the molecule is O=C(CCC1CCCC1)N1CCC(CO)C1. The zero-order chi connectivity index (χ0) is 11.4. The van der Waals surface area contributed by atoms with Crippen molar-refractivity contribution in [3.05, 3.63) is 0 Å². The molecule has 1 N–H and O–H groups in total. The zero-order valence-corrected chi connectivity index (χ0v) is 10.0. The fourth-order valence-electron chi connectivity index (χ4n) is 2.99.